The van der Waals surface area contributed by atoms with Crippen molar-refractivity contribution in [3.63, 3.8) is 0 Å². The van der Waals surface area contributed by atoms with E-state index in [1.165, 1.54) is 12.1 Å². The average Bonchev–Trinajstić information content (AvgIpc) is 2.36. The summed E-state index contributed by atoms with van der Waals surface area (Å²) in [5.74, 6) is -1.52. The summed E-state index contributed by atoms with van der Waals surface area (Å²) >= 11 is 0. The number of aromatic carboxylic acids is 1. The molecule has 1 amide bonds. The third kappa shape index (κ3) is 3.85. The lowest BCUT2D eigenvalue weighted by molar-refractivity contribution is 0.0689. The largest absolute Gasteiger partial charge is 0.478 e. The fourth-order valence-corrected chi connectivity index (χ4v) is 1.51. The number of hydrogen-bond acceptors (Lipinski definition) is 3. The Morgan fingerprint density at radius 1 is 1.33 bits per heavy atom. The van der Waals surface area contributed by atoms with Crippen molar-refractivity contribution < 1.29 is 19.4 Å². The molecule has 1 aromatic carbocycles. The van der Waals surface area contributed by atoms with Crippen molar-refractivity contribution in [3.8, 4) is 0 Å². The van der Waals surface area contributed by atoms with Crippen LogP contribution in [0.3, 0.4) is 0 Å². The number of nitrogens with one attached hydrogen (secondary N) is 1. The maximum absolute atomic E-state index is 11.9. The Bertz CT molecular complexity index is 431. The predicted octanol–water partition coefficient (Wildman–Crippen LogP) is 1.54. The molecule has 1 rings (SSSR count). The Morgan fingerprint density at radius 3 is 2.50 bits per heavy atom. The van der Waals surface area contributed by atoms with Gasteiger partial charge in [-0.3, -0.25) is 4.79 Å². The summed E-state index contributed by atoms with van der Waals surface area (Å²) in [4.78, 5) is 22.9. The third-order valence-electron chi connectivity index (χ3n) is 2.35. The summed E-state index contributed by atoms with van der Waals surface area (Å²) in [5, 5.41) is 11.7. The van der Waals surface area contributed by atoms with Crippen LogP contribution in [0.25, 0.3) is 0 Å². The van der Waals surface area contributed by atoms with Gasteiger partial charge in [-0.1, -0.05) is 12.1 Å². The Kier molecular flexibility index (Phi) is 5.32. The molecule has 5 nitrogen and oxygen atoms in total. The standard InChI is InChI=1S/C13H17NO4/c1-3-18-8-9(2)14-12(15)10-6-4-5-7-11(10)13(16)17/h4-7,9H,3,8H2,1-2H3,(H,14,15)(H,16,17). The smallest absolute Gasteiger partial charge is 0.336 e. The van der Waals surface area contributed by atoms with E-state index in [-0.39, 0.29) is 17.2 Å². The van der Waals surface area contributed by atoms with Crippen LogP contribution in [0.5, 0.6) is 0 Å². The number of benzene rings is 1. The number of carbonyl (C=O) groups excluding carboxylic acids is 1. The summed E-state index contributed by atoms with van der Waals surface area (Å²) in [7, 11) is 0. The van der Waals surface area contributed by atoms with E-state index in [0.29, 0.717) is 13.2 Å². The number of hydrogen-bond donors (Lipinski definition) is 2. The molecule has 0 aliphatic heterocycles. The first-order chi connectivity index (χ1) is 8.56. The van der Waals surface area contributed by atoms with Crippen LogP contribution in [-0.4, -0.2) is 36.2 Å². The third-order valence-corrected chi connectivity index (χ3v) is 2.35. The van der Waals surface area contributed by atoms with Gasteiger partial charge >= 0.3 is 5.97 Å². The molecule has 0 saturated carbocycles. The van der Waals surface area contributed by atoms with E-state index in [1.807, 2.05) is 6.92 Å². The first kappa shape index (κ1) is 14.2. The van der Waals surface area contributed by atoms with E-state index in [9.17, 15) is 9.59 Å². The first-order valence-electron chi connectivity index (χ1n) is 5.77. The highest BCUT2D eigenvalue weighted by atomic mass is 16.5. The van der Waals surface area contributed by atoms with Crippen LogP contribution in [0.2, 0.25) is 0 Å². The van der Waals surface area contributed by atoms with E-state index in [1.54, 1.807) is 19.1 Å². The molecular formula is C13H17NO4. The lowest BCUT2D eigenvalue weighted by Crippen LogP contribution is -2.36. The molecule has 0 radical (unpaired) electrons. The van der Waals surface area contributed by atoms with Gasteiger partial charge in [0.1, 0.15) is 0 Å². The normalized spacial score (nSPS) is 11.9. The molecule has 0 aliphatic rings. The van der Waals surface area contributed by atoms with Gasteiger partial charge in [0.25, 0.3) is 5.91 Å². The highest BCUT2D eigenvalue weighted by Crippen LogP contribution is 2.08. The second kappa shape index (κ2) is 6.76. The van der Waals surface area contributed by atoms with Crippen LogP contribution in [-0.2, 0) is 4.74 Å². The van der Waals surface area contributed by atoms with Crippen molar-refractivity contribution in [1.82, 2.24) is 5.32 Å². The van der Waals surface area contributed by atoms with Gasteiger partial charge in [0.15, 0.2) is 0 Å². The van der Waals surface area contributed by atoms with Gasteiger partial charge in [0.05, 0.1) is 17.7 Å². The van der Waals surface area contributed by atoms with Crippen LogP contribution in [0, 0.1) is 0 Å². The maximum Gasteiger partial charge on any atom is 0.336 e. The summed E-state index contributed by atoms with van der Waals surface area (Å²) < 4.78 is 5.18. The zero-order valence-electron chi connectivity index (χ0n) is 10.5. The number of carbonyl (C=O) groups is 2. The molecule has 5 heteroatoms. The Morgan fingerprint density at radius 2 is 1.94 bits per heavy atom. The first-order valence-corrected chi connectivity index (χ1v) is 5.77. The van der Waals surface area contributed by atoms with E-state index in [2.05, 4.69) is 5.32 Å². The number of carboxylic acids is 1. The summed E-state index contributed by atoms with van der Waals surface area (Å²) in [5.41, 5.74) is 0.159. The Hall–Kier alpha value is -1.88. The molecule has 98 valence electrons. The molecule has 0 spiro atoms. The quantitative estimate of drug-likeness (QED) is 0.804. The summed E-state index contributed by atoms with van der Waals surface area (Å²) in [6.07, 6.45) is 0. The van der Waals surface area contributed by atoms with Crippen molar-refractivity contribution >= 4 is 11.9 Å². The van der Waals surface area contributed by atoms with Crippen LogP contribution >= 0.6 is 0 Å². The van der Waals surface area contributed by atoms with E-state index in [4.69, 9.17) is 9.84 Å². The molecule has 0 heterocycles. The van der Waals surface area contributed by atoms with Crippen LogP contribution in [0.1, 0.15) is 34.6 Å². The molecule has 1 atom stereocenters. The van der Waals surface area contributed by atoms with Gasteiger partial charge in [0, 0.05) is 12.6 Å². The topological polar surface area (TPSA) is 75.6 Å². The molecule has 18 heavy (non-hydrogen) atoms. The van der Waals surface area contributed by atoms with Crippen molar-refractivity contribution in [2.24, 2.45) is 0 Å². The molecular weight excluding hydrogens is 234 g/mol. The molecule has 0 saturated heterocycles. The monoisotopic (exact) mass is 251 g/mol. The summed E-state index contributed by atoms with van der Waals surface area (Å²) in [6, 6.07) is 5.95. The van der Waals surface area contributed by atoms with Crippen molar-refractivity contribution in [1.29, 1.82) is 0 Å². The maximum atomic E-state index is 11.9. The Labute approximate surface area is 106 Å². The van der Waals surface area contributed by atoms with Gasteiger partial charge in [0.2, 0.25) is 0 Å². The van der Waals surface area contributed by atoms with E-state index in [0.717, 1.165) is 0 Å². The number of amides is 1. The molecule has 2 N–H and O–H groups in total. The van der Waals surface area contributed by atoms with Gasteiger partial charge < -0.3 is 15.2 Å². The SMILES string of the molecule is CCOCC(C)NC(=O)c1ccccc1C(=O)O. The minimum Gasteiger partial charge on any atom is -0.478 e. The fourth-order valence-electron chi connectivity index (χ4n) is 1.51. The van der Waals surface area contributed by atoms with Gasteiger partial charge in [-0.25, -0.2) is 4.79 Å². The van der Waals surface area contributed by atoms with Crippen LogP contribution in [0.4, 0.5) is 0 Å². The average molecular weight is 251 g/mol. The minimum absolute atomic E-state index is 0.00129. The van der Waals surface area contributed by atoms with Crippen molar-refractivity contribution in [2.75, 3.05) is 13.2 Å². The van der Waals surface area contributed by atoms with Gasteiger partial charge in [-0.15, -0.1) is 0 Å². The molecule has 0 aliphatic carbocycles. The highest BCUT2D eigenvalue weighted by Gasteiger charge is 2.17. The second-order valence-corrected chi connectivity index (χ2v) is 3.88. The zero-order chi connectivity index (χ0) is 13.5. The van der Waals surface area contributed by atoms with Crippen LogP contribution in [0.15, 0.2) is 24.3 Å². The molecule has 0 fully saturated rings. The Balaban J connectivity index is 2.75. The second-order valence-electron chi connectivity index (χ2n) is 3.88. The molecule has 1 aromatic rings. The zero-order valence-corrected chi connectivity index (χ0v) is 10.5. The number of carboxylic acid groups (broad SMARTS) is 1. The minimum atomic E-state index is -1.11. The van der Waals surface area contributed by atoms with Crippen molar-refractivity contribution in [3.05, 3.63) is 35.4 Å². The number of ether oxygens (including phenoxy) is 1. The van der Waals surface area contributed by atoms with Gasteiger partial charge in [-0.05, 0) is 26.0 Å². The van der Waals surface area contributed by atoms with Crippen molar-refractivity contribution in [2.45, 2.75) is 19.9 Å². The molecule has 0 bridgehead atoms. The highest BCUT2D eigenvalue weighted by molar-refractivity contribution is 6.04. The fraction of sp³-hybridized carbons (Fsp3) is 0.385. The van der Waals surface area contributed by atoms with Gasteiger partial charge in [-0.2, -0.15) is 0 Å². The molecule has 0 aromatic heterocycles. The van der Waals surface area contributed by atoms with E-state index < -0.39 is 11.9 Å². The molecule has 1 unspecified atom stereocenters. The lowest BCUT2D eigenvalue weighted by Gasteiger charge is -2.14. The summed E-state index contributed by atoms with van der Waals surface area (Å²) in [6.45, 7) is 4.65. The predicted molar refractivity (Wildman–Crippen MR) is 66.8 cm³/mol. The van der Waals surface area contributed by atoms with Crippen LogP contribution < -0.4 is 5.32 Å². The lowest BCUT2D eigenvalue weighted by atomic mass is 10.1. The van der Waals surface area contributed by atoms with E-state index >= 15 is 0 Å². The number of rotatable bonds is 6.